The highest BCUT2D eigenvalue weighted by Crippen LogP contribution is 2.32. The summed E-state index contributed by atoms with van der Waals surface area (Å²) < 4.78 is 0. The summed E-state index contributed by atoms with van der Waals surface area (Å²) in [7, 11) is 2.09. The van der Waals surface area contributed by atoms with E-state index in [1.807, 2.05) is 18.2 Å². The molecule has 0 N–H and O–H groups in total. The minimum atomic E-state index is 0.478. The highest BCUT2D eigenvalue weighted by molar-refractivity contribution is 6.34. The Bertz CT molecular complexity index is 551. The van der Waals surface area contributed by atoms with Crippen molar-refractivity contribution in [2.75, 3.05) is 11.9 Å². The van der Waals surface area contributed by atoms with Crippen molar-refractivity contribution < 1.29 is 0 Å². The largest absolute Gasteiger partial charge is 0.355 e. The molecule has 0 amide bonds. The smallest absolute Gasteiger partial charge is 0.159 e. The lowest BCUT2D eigenvalue weighted by molar-refractivity contribution is 0.399. The molecule has 0 unspecified atom stereocenters. The Labute approximate surface area is 105 Å². The average Bonchev–Trinajstić information content (AvgIpc) is 2.27. The molecule has 17 heavy (non-hydrogen) atoms. The predicted octanol–water partition coefficient (Wildman–Crippen LogP) is 3.27. The van der Waals surface area contributed by atoms with Gasteiger partial charge in [0.15, 0.2) is 11.0 Å². The molecule has 0 atom stereocenters. The summed E-state index contributed by atoms with van der Waals surface area (Å²) in [6.45, 7) is 0. The van der Waals surface area contributed by atoms with Crippen molar-refractivity contribution in [1.82, 2.24) is 10.2 Å². The molecule has 0 radical (unpaired) electrons. The number of nitrogens with zero attached hydrogens (tertiary/aromatic N) is 3. The number of anilines is 1. The van der Waals surface area contributed by atoms with Gasteiger partial charge in [-0.1, -0.05) is 35.9 Å². The fourth-order valence-electron chi connectivity index (χ4n) is 2.26. The van der Waals surface area contributed by atoms with Crippen molar-refractivity contribution in [1.29, 1.82) is 0 Å². The molecule has 0 spiro atoms. The van der Waals surface area contributed by atoms with E-state index in [0.717, 1.165) is 16.6 Å². The standard InChI is InChI=1S/C13H14ClN3/c1-17(9-5-4-6-9)13-11-8-3-2-7-10(11)12(14)15-16-13/h2-3,7-9H,4-6H2,1H3. The Kier molecular flexibility index (Phi) is 2.63. The van der Waals surface area contributed by atoms with Crippen LogP contribution in [0.5, 0.6) is 0 Å². The first-order chi connectivity index (χ1) is 8.27. The minimum absolute atomic E-state index is 0.478. The van der Waals surface area contributed by atoms with Crippen LogP contribution in [-0.2, 0) is 0 Å². The summed E-state index contributed by atoms with van der Waals surface area (Å²) in [6, 6.07) is 8.64. The third-order valence-electron chi connectivity index (χ3n) is 3.58. The molecule has 1 aromatic heterocycles. The van der Waals surface area contributed by atoms with Crippen LogP contribution in [-0.4, -0.2) is 23.3 Å². The third kappa shape index (κ3) is 1.75. The van der Waals surface area contributed by atoms with E-state index in [-0.39, 0.29) is 0 Å². The van der Waals surface area contributed by atoms with E-state index >= 15 is 0 Å². The van der Waals surface area contributed by atoms with Gasteiger partial charge in [-0.05, 0) is 19.3 Å². The summed E-state index contributed by atoms with van der Waals surface area (Å²) in [6.07, 6.45) is 3.80. The molecule has 0 saturated heterocycles. The van der Waals surface area contributed by atoms with Gasteiger partial charge in [-0.15, -0.1) is 10.2 Å². The number of hydrogen-bond donors (Lipinski definition) is 0. The van der Waals surface area contributed by atoms with Crippen molar-refractivity contribution in [3.8, 4) is 0 Å². The minimum Gasteiger partial charge on any atom is -0.355 e. The Balaban J connectivity index is 2.12. The van der Waals surface area contributed by atoms with Crippen LogP contribution in [0.4, 0.5) is 5.82 Å². The molecule has 4 heteroatoms. The first-order valence-electron chi connectivity index (χ1n) is 5.91. The molecule has 1 aromatic carbocycles. The van der Waals surface area contributed by atoms with Gasteiger partial charge in [-0.3, -0.25) is 0 Å². The van der Waals surface area contributed by atoms with E-state index in [1.54, 1.807) is 0 Å². The number of fused-ring (bicyclic) bond motifs is 1. The van der Waals surface area contributed by atoms with Crippen LogP contribution < -0.4 is 4.90 Å². The van der Waals surface area contributed by atoms with Crippen LogP contribution in [0.15, 0.2) is 24.3 Å². The Morgan fingerprint density at radius 3 is 2.53 bits per heavy atom. The number of benzene rings is 1. The molecular formula is C13H14ClN3. The van der Waals surface area contributed by atoms with Gasteiger partial charge in [0.2, 0.25) is 0 Å². The monoisotopic (exact) mass is 247 g/mol. The molecule has 3 rings (SSSR count). The SMILES string of the molecule is CN(c1nnc(Cl)c2ccccc12)C1CCC1. The summed E-state index contributed by atoms with van der Waals surface area (Å²) in [5.41, 5.74) is 0. The van der Waals surface area contributed by atoms with Gasteiger partial charge in [-0.25, -0.2) is 0 Å². The van der Waals surface area contributed by atoms with Crippen molar-refractivity contribution >= 4 is 28.2 Å². The first-order valence-corrected chi connectivity index (χ1v) is 6.29. The normalized spacial score (nSPS) is 15.9. The van der Waals surface area contributed by atoms with Crippen molar-refractivity contribution in [2.45, 2.75) is 25.3 Å². The van der Waals surface area contributed by atoms with Gasteiger partial charge in [-0.2, -0.15) is 0 Å². The maximum Gasteiger partial charge on any atom is 0.159 e. The van der Waals surface area contributed by atoms with Crippen LogP contribution in [0.25, 0.3) is 10.8 Å². The molecule has 1 saturated carbocycles. The van der Waals surface area contributed by atoms with Crippen LogP contribution in [0, 0.1) is 0 Å². The number of rotatable bonds is 2. The molecule has 0 aliphatic heterocycles. The van der Waals surface area contributed by atoms with E-state index in [9.17, 15) is 0 Å². The molecule has 1 heterocycles. The second-order valence-corrected chi connectivity index (χ2v) is 4.91. The fourth-order valence-corrected chi connectivity index (χ4v) is 2.47. The van der Waals surface area contributed by atoms with Crippen molar-refractivity contribution in [2.24, 2.45) is 0 Å². The summed E-state index contributed by atoms with van der Waals surface area (Å²) in [4.78, 5) is 2.23. The second kappa shape index (κ2) is 4.15. The zero-order valence-corrected chi connectivity index (χ0v) is 10.5. The second-order valence-electron chi connectivity index (χ2n) is 4.56. The van der Waals surface area contributed by atoms with Gasteiger partial charge in [0.1, 0.15) is 0 Å². The van der Waals surface area contributed by atoms with Crippen LogP contribution >= 0.6 is 11.6 Å². The van der Waals surface area contributed by atoms with Gasteiger partial charge >= 0.3 is 0 Å². The van der Waals surface area contributed by atoms with E-state index < -0.39 is 0 Å². The number of halogens is 1. The lowest BCUT2D eigenvalue weighted by Crippen LogP contribution is -2.37. The lowest BCUT2D eigenvalue weighted by atomic mass is 9.92. The quantitative estimate of drug-likeness (QED) is 0.816. The van der Waals surface area contributed by atoms with Gasteiger partial charge < -0.3 is 4.90 Å². The number of aromatic nitrogens is 2. The summed E-state index contributed by atoms with van der Waals surface area (Å²) >= 11 is 6.07. The molecule has 1 fully saturated rings. The topological polar surface area (TPSA) is 29.0 Å². The van der Waals surface area contributed by atoms with Gasteiger partial charge in [0.25, 0.3) is 0 Å². The molecule has 1 aliphatic rings. The van der Waals surface area contributed by atoms with Crippen LogP contribution in [0.2, 0.25) is 5.15 Å². The maximum absolute atomic E-state index is 6.07. The zero-order chi connectivity index (χ0) is 11.8. The Morgan fingerprint density at radius 1 is 1.18 bits per heavy atom. The maximum atomic E-state index is 6.07. The molecular weight excluding hydrogens is 234 g/mol. The van der Waals surface area contributed by atoms with Crippen LogP contribution in [0.1, 0.15) is 19.3 Å². The molecule has 0 bridgehead atoms. The molecule has 3 nitrogen and oxygen atoms in total. The third-order valence-corrected chi connectivity index (χ3v) is 3.86. The zero-order valence-electron chi connectivity index (χ0n) is 9.73. The molecule has 1 aliphatic carbocycles. The van der Waals surface area contributed by atoms with Crippen molar-refractivity contribution in [3.05, 3.63) is 29.4 Å². The van der Waals surface area contributed by atoms with Gasteiger partial charge in [0.05, 0.1) is 0 Å². The first kappa shape index (κ1) is 10.8. The fraction of sp³-hybridized carbons (Fsp3) is 0.385. The van der Waals surface area contributed by atoms with Gasteiger partial charge in [0, 0.05) is 23.9 Å². The van der Waals surface area contributed by atoms with Crippen LogP contribution in [0.3, 0.4) is 0 Å². The Hall–Kier alpha value is -1.35. The highest BCUT2D eigenvalue weighted by Gasteiger charge is 2.24. The van der Waals surface area contributed by atoms with E-state index in [1.165, 1.54) is 19.3 Å². The summed E-state index contributed by atoms with van der Waals surface area (Å²) in [5.74, 6) is 0.940. The lowest BCUT2D eigenvalue weighted by Gasteiger charge is -2.35. The Morgan fingerprint density at radius 2 is 1.88 bits per heavy atom. The summed E-state index contributed by atoms with van der Waals surface area (Å²) in [5, 5.41) is 10.8. The molecule has 2 aromatic rings. The number of hydrogen-bond acceptors (Lipinski definition) is 3. The molecule has 88 valence electrons. The van der Waals surface area contributed by atoms with Crippen molar-refractivity contribution in [3.63, 3.8) is 0 Å². The van der Waals surface area contributed by atoms with E-state index in [4.69, 9.17) is 11.6 Å². The average molecular weight is 248 g/mol. The van der Waals surface area contributed by atoms with E-state index in [2.05, 4.69) is 28.2 Å². The highest BCUT2D eigenvalue weighted by atomic mass is 35.5. The van der Waals surface area contributed by atoms with E-state index in [0.29, 0.717) is 11.2 Å². The predicted molar refractivity (Wildman–Crippen MR) is 70.6 cm³/mol.